The molecule has 1 atom stereocenters. The number of carbonyl (C=O) groups is 1. The van der Waals surface area contributed by atoms with Crippen LogP contribution >= 0.6 is 0 Å². The molecule has 3 nitrogen and oxygen atoms in total. The largest absolute Gasteiger partial charge is 0.480 e. The van der Waals surface area contributed by atoms with E-state index in [1.165, 1.54) is 0 Å². The Balaban J connectivity index is 4.06. The Kier molecular flexibility index (Phi) is 5.07. The molecule has 0 aromatic carbocycles. The van der Waals surface area contributed by atoms with Gasteiger partial charge in [-0.1, -0.05) is 18.7 Å². The van der Waals surface area contributed by atoms with Gasteiger partial charge in [0.1, 0.15) is 6.04 Å². The van der Waals surface area contributed by atoms with E-state index in [-0.39, 0.29) is 0 Å². The molecule has 0 saturated carbocycles. The van der Waals surface area contributed by atoms with Gasteiger partial charge in [-0.05, 0) is 26.5 Å². The SMILES string of the molecule is C=C(/C=C\C)CN(C)[C@H](C)C(=O)O. The van der Waals surface area contributed by atoms with Crippen molar-refractivity contribution in [2.75, 3.05) is 13.6 Å². The molecule has 74 valence electrons. The zero-order valence-electron chi connectivity index (χ0n) is 8.45. The molecule has 0 amide bonds. The summed E-state index contributed by atoms with van der Waals surface area (Å²) in [5, 5.41) is 8.71. The summed E-state index contributed by atoms with van der Waals surface area (Å²) in [7, 11) is 1.77. The molecule has 0 bridgehead atoms. The fourth-order valence-corrected chi connectivity index (χ4v) is 0.934. The Labute approximate surface area is 79.4 Å². The van der Waals surface area contributed by atoms with Crippen LogP contribution in [0.15, 0.2) is 24.3 Å². The maximum Gasteiger partial charge on any atom is 0.320 e. The predicted molar refractivity (Wildman–Crippen MR) is 53.7 cm³/mol. The van der Waals surface area contributed by atoms with E-state index >= 15 is 0 Å². The molecule has 0 aromatic heterocycles. The van der Waals surface area contributed by atoms with E-state index in [1.54, 1.807) is 18.9 Å². The van der Waals surface area contributed by atoms with Crippen LogP contribution in [-0.2, 0) is 4.79 Å². The average molecular weight is 183 g/mol. The number of carboxylic acid groups (broad SMARTS) is 1. The molecule has 0 spiro atoms. The standard InChI is InChI=1S/C10H17NO2/c1-5-6-8(2)7-11(4)9(3)10(12)13/h5-6,9H,2,7H2,1,3-4H3,(H,12,13)/b6-5-/t9-/m1/s1. The smallest absolute Gasteiger partial charge is 0.320 e. The van der Waals surface area contributed by atoms with E-state index in [9.17, 15) is 4.79 Å². The fourth-order valence-electron chi connectivity index (χ4n) is 0.934. The van der Waals surface area contributed by atoms with Crippen LogP contribution in [-0.4, -0.2) is 35.6 Å². The van der Waals surface area contributed by atoms with Crippen LogP contribution in [0.2, 0.25) is 0 Å². The van der Waals surface area contributed by atoms with Gasteiger partial charge in [-0.2, -0.15) is 0 Å². The second-order valence-corrected chi connectivity index (χ2v) is 3.09. The predicted octanol–water partition coefficient (Wildman–Crippen LogP) is 1.52. The van der Waals surface area contributed by atoms with Gasteiger partial charge in [0.2, 0.25) is 0 Å². The van der Waals surface area contributed by atoms with Gasteiger partial charge in [0, 0.05) is 6.54 Å². The lowest BCUT2D eigenvalue weighted by Gasteiger charge is -2.20. The molecule has 0 unspecified atom stereocenters. The molecule has 0 aromatic rings. The van der Waals surface area contributed by atoms with E-state index in [0.717, 1.165) is 5.57 Å². The summed E-state index contributed by atoms with van der Waals surface area (Å²) in [4.78, 5) is 12.3. The first-order valence-electron chi connectivity index (χ1n) is 4.22. The Morgan fingerprint density at radius 1 is 1.69 bits per heavy atom. The molecule has 1 N–H and O–H groups in total. The third kappa shape index (κ3) is 4.48. The average Bonchev–Trinajstić information content (AvgIpc) is 2.03. The minimum Gasteiger partial charge on any atom is -0.480 e. The molecule has 3 heteroatoms. The van der Waals surface area contributed by atoms with Gasteiger partial charge in [0.25, 0.3) is 0 Å². The van der Waals surface area contributed by atoms with Gasteiger partial charge < -0.3 is 5.11 Å². The van der Waals surface area contributed by atoms with Crippen LogP contribution < -0.4 is 0 Å². The monoisotopic (exact) mass is 183 g/mol. The topological polar surface area (TPSA) is 40.5 Å². The van der Waals surface area contributed by atoms with Crippen molar-refractivity contribution in [1.29, 1.82) is 0 Å². The van der Waals surface area contributed by atoms with Gasteiger partial charge >= 0.3 is 5.97 Å². The van der Waals surface area contributed by atoms with Gasteiger partial charge in [-0.15, -0.1) is 0 Å². The van der Waals surface area contributed by atoms with Gasteiger partial charge in [-0.3, -0.25) is 9.69 Å². The van der Waals surface area contributed by atoms with Crippen molar-refractivity contribution < 1.29 is 9.90 Å². The quantitative estimate of drug-likeness (QED) is 0.657. The van der Waals surface area contributed by atoms with E-state index in [1.807, 2.05) is 19.1 Å². The molecule has 0 rings (SSSR count). The first kappa shape index (κ1) is 11.9. The van der Waals surface area contributed by atoms with Crippen LogP contribution in [0.1, 0.15) is 13.8 Å². The molecule has 0 fully saturated rings. The van der Waals surface area contributed by atoms with Crippen molar-refractivity contribution in [1.82, 2.24) is 4.90 Å². The molecule has 0 aliphatic heterocycles. The van der Waals surface area contributed by atoms with E-state index < -0.39 is 12.0 Å². The molecule has 0 heterocycles. The zero-order chi connectivity index (χ0) is 10.4. The van der Waals surface area contributed by atoms with Crippen molar-refractivity contribution in [3.05, 3.63) is 24.3 Å². The third-order valence-corrected chi connectivity index (χ3v) is 1.87. The van der Waals surface area contributed by atoms with Gasteiger partial charge in [0.05, 0.1) is 0 Å². The minimum atomic E-state index is -0.809. The van der Waals surface area contributed by atoms with Crippen molar-refractivity contribution in [2.45, 2.75) is 19.9 Å². The highest BCUT2D eigenvalue weighted by molar-refractivity contribution is 5.72. The van der Waals surface area contributed by atoms with Crippen molar-refractivity contribution in [3.63, 3.8) is 0 Å². The molecule has 0 saturated heterocycles. The van der Waals surface area contributed by atoms with Crippen molar-refractivity contribution in [3.8, 4) is 0 Å². The summed E-state index contributed by atoms with van der Waals surface area (Å²) in [6, 6.07) is -0.470. The molecule has 0 aliphatic carbocycles. The number of hydrogen-bond donors (Lipinski definition) is 1. The molecular weight excluding hydrogens is 166 g/mol. The lowest BCUT2D eigenvalue weighted by atomic mass is 10.2. The Hall–Kier alpha value is -1.09. The number of nitrogens with zero attached hydrogens (tertiary/aromatic N) is 1. The number of carboxylic acids is 1. The highest BCUT2D eigenvalue weighted by atomic mass is 16.4. The van der Waals surface area contributed by atoms with E-state index in [0.29, 0.717) is 6.54 Å². The van der Waals surface area contributed by atoms with E-state index in [2.05, 4.69) is 6.58 Å². The molecular formula is C10H17NO2. The van der Waals surface area contributed by atoms with Crippen LogP contribution in [0.25, 0.3) is 0 Å². The van der Waals surface area contributed by atoms with Crippen LogP contribution in [0.4, 0.5) is 0 Å². The summed E-state index contributed by atoms with van der Waals surface area (Å²) in [6.45, 7) is 7.95. The third-order valence-electron chi connectivity index (χ3n) is 1.87. The number of likely N-dealkylation sites (N-methyl/N-ethyl adjacent to an activating group) is 1. The molecule has 0 radical (unpaired) electrons. The maximum atomic E-state index is 10.6. The highest BCUT2D eigenvalue weighted by Gasteiger charge is 2.15. The van der Waals surface area contributed by atoms with Crippen LogP contribution in [0, 0.1) is 0 Å². The molecule has 13 heavy (non-hydrogen) atoms. The summed E-state index contributed by atoms with van der Waals surface area (Å²) in [5.74, 6) is -0.809. The van der Waals surface area contributed by atoms with Gasteiger partial charge in [-0.25, -0.2) is 0 Å². The summed E-state index contributed by atoms with van der Waals surface area (Å²) in [6.07, 6.45) is 3.77. The fraction of sp³-hybridized carbons (Fsp3) is 0.500. The Bertz CT molecular complexity index is 221. The van der Waals surface area contributed by atoms with E-state index in [4.69, 9.17) is 5.11 Å². The number of rotatable bonds is 5. The van der Waals surface area contributed by atoms with Crippen LogP contribution in [0.5, 0.6) is 0 Å². The van der Waals surface area contributed by atoms with Crippen LogP contribution in [0.3, 0.4) is 0 Å². The van der Waals surface area contributed by atoms with Crippen molar-refractivity contribution >= 4 is 5.97 Å². The maximum absolute atomic E-state index is 10.6. The second-order valence-electron chi connectivity index (χ2n) is 3.09. The number of allylic oxidation sites excluding steroid dienone is 1. The summed E-state index contributed by atoms with van der Waals surface area (Å²) in [5.41, 5.74) is 0.915. The lowest BCUT2D eigenvalue weighted by Crippen LogP contribution is -2.36. The Morgan fingerprint density at radius 3 is 2.62 bits per heavy atom. The second kappa shape index (κ2) is 5.54. The first-order valence-corrected chi connectivity index (χ1v) is 4.22. The first-order chi connectivity index (χ1) is 5.99. The minimum absolute atomic E-state index is 0.470. The number of hydrogen-bond acceptors (Lipinski definition) is 2. The highest BCUT2D eigenvalue weighted by Crippen LogP contribution is 2.01. The number of aliphatic carboxylic acids is 1. The Morgan fingerprint density at radius 2 is 2.23 bits per heavy atom. The normalized spacial score (nSPS) is 13.5. The summed E-state index contributed by atoms with van der Waals surface area (Å²) >= 11 is 0. The summed E-state index contributed by atoms with van der Waals surface area (Å²) < 4.78 is 0. The lowest BCUT2D eigenvalue weighted by molar-refractivity contribution is -0.141. The van der Waals surface area contributed by atoms with Gasteiger partial charge in [0.15, 0.2) is 0 Å². The van der Waals surface area contributed by atoms with Crippen molar-refractivity contribution in [2.24, 2.45) is 0 Å². The zero-order valence-corrected chi connectivity index (χ0v) is 8.45. The molecule has 0 aliphatic rings.